The third kappa shape index (κ3) is 3.13. The van der Waals surface area contributed by atoms with E-state index < -0.39 is 5.97 Å². The Balaban J connectivity index is 2.06. The minimum absolute atomic E-state index is 0.257. The van der Waals surface area contributed by atoms with Crippen molar-refractivity contribution in [2.75, 3.05) is 6.61 Å². The molecule has 3 rings (SSSR count). The number of ether oxygens (including phenoxy) is 1. The standard InChI is InChI=1S/C18H20N4O3/c1-4-25-18(23)16-9-22(10-19-16)12-5-6-15-13(7-12)14(8-20-24)17(21-15)11(2)3/h5-11,21,24H,4H2,1-3H3/b20-8-. The molecule has 2 N–H and O–H groups in total. The van der Waals surface area contributed by atoms with Gasteiger partial charge in [0.1, 0.15) is 6.33 Å². The van der Waals surface area contributed by atoms with Crippen LogP contribution in [-0.4, -0.2) is 38.5 Å². The van der Waals surface area contributed by atoms with Crippen molar-refractivity contribution in [3.05, 3.63) is 47.7 Å². The van der Waals surface area contributed by atoms with Crippen molar-refractivity contribution < 1.29 is 14.7 Å². The molecule has 0 bridgehead atoms. The van der Waals surface area contributed by atoms with Crippen molar-refractivity contribution in [1.82, 2.24) is 14.5 Å². The van der Waals surface area contributed by atoms with Gasteiger partial charge in [-0.15, -0.1) is 0 Å². The van der Waals surface area contributed by atoms with E-state index in [2.05, 4.69) is 29.0 Å². The SMILES string of the molecule is CCOC(=O)c1cn(-c2ccc3[nH]c(C(C)C)c(/C=N\O)c3c2)cn1. The molecule has 0 unspecified atom stereocenters. The van der Waals surface area contributed by atoms with Gasteiger partial charge in [0.05, 0.1) is 12.8 Å². The van der Waals surface area contributed by atoms with Crippen LogP contribution >= 0.6 is 0 Å². The predicted molar refractivity (Wildman–Crippen MR) is 94.8 cm³/mol. The number of hydrogen-bond donors (Lipinski definition) is 2. The number of fused-ring (bicyclic) bond motifs is 1. The summed E-state index contributed by atoms with van der Waals surface area (Å²) in [6.07, 6.45) is 4.65. The van der Waals surface area contributed by atoms with Crippen LogP contribution in [0, 0.1) is 0 Å². The normalized spacial score (nSPS) is 11.7. The number of aromatic amines is 1. The zero-order valence-electron chi connectivity index (χ0n) is 14.4. The number of hydrogen-bond acceptors (Lipinski definition) is 5. The number of carbonyl (C=O) groups excluding carboxylic acids is 1. The largest absolute Gasteiger partial charge is 0.461 e. The first-order valence-electron chi connectivity index (χ1n) is 8.09. The zero-order chi connectivity index (χ0) is 18.0. The van der Waals surface area contributed by atoms with E-state index in [1.165, 1.54) is 6.21 Å². The molecule has 0 aliphatic heterocycles. The highest BCUT2D eigenvalue weighted by molar-refractivity contribution is 6.01. The first-order chi connectivity index (χ1) is 12.0. The van der Waals surface area contributed by atoms with Gasteiger partial charge >= 0.3 is 5.97 Å². The van der Waals surface area contributed by atoms with Gasteiger partial charge in [-0.05, 0) is 31.0 Å². The molecule has 3 aromatic rings. The lowest BCUT2D eigenvalue weighted by Crippen LogP contribution is -2.04. The molecular formula is C18H20N4O3. The summed E-state index contributed by atoms with van der Waals surface area (Å²) in [5.41, 5.74) is 3.91. The van der Waals surface area contributed by atoms with Gasteiger partial charge < -0.3 is 19.5 Å². The quantitative estimate of drug-likeness (QED) is 0.322. The fraction of sp³-hybridized carbons (Fsp3) is 0.278. The average molecular weight is 340 g/mol. The number of H-pyrrole nitrogens is 1. The first-order valence-corrected chi connectivity index (χ1v) is 8.09. The van der Waals surface area contributed by atoms with Crippen molar-refractivity contribution in [3.63, 3.8) is 0 Å². The Kier molecular flexibility index (Phi) is 4.56. The third-order valence-corrected chi connectivity index (χ3v) is 3.98. The molecular weight excluding hydrogens is 320 g/mol. The van der Waals surface area contributed by atoms with Crippen molar-refractivity contribution in [3.8, 4) is 5.69 Å². The number of carbonyl (C=O) groups is 1. The van der Waals surface area contributed by atoms with Crippen LogP contribution in [0.5, 0.6) is 0 Å². The van der Waals surface area contributed by atoms with Crippen molar-refractivity contribution in [2.45, 2.75) is 26.7 Å². The number of benzene rings is 1. The van der Waals surface area contributed by atoms with Crippen molar-refractivity contribution in [2.24, 2.45) is 5.16 Å². The summed E-state index contributed by atoms with van der Waals surface area (Å²) in [6, 6.07) is 5.85. The molecule has 130 valence electrons. The second kappa shape index (κ2) is 6.80. The Morgan fingerprint density at radius 3 is 2.96 bits per heavy atom. The van der Waals surface area contributed by atoms with Crippen LogP contribution in [0.2, 0.25) is 0 Å². The summed E-state index contributed by atoms with van der Waals surface area (Å²) in [6.45, 7) is 6.21. The molecule has 0 saturated heterocycles. The maximum absolute atomic E-state index is 11.8. The Morgan fingerprint density at radius 1 is 1.48 bits per heavy atom. The van der Waals surface area contributed by atoms with Crippen molar-refractivity contribution in [1.29, 1.82) is 0 Å². The van der Waals surface area contributed by atoms with E-state index in [0.717, 1.165) is 27.8 Å². The Hall–Kier alpha value is -3.09. The summed E-state index contributed by atoms with van der Waals surface area (Å²) in [7, 11) is 0. The third-order valence-electron chi connectivity index (χ3n) is 3.98. The monoisotopic (exact) mass is 340 g/mol. The fourth-order valence-corrected chi connectivity index (χ4v) is 2.81. The lowest BCUT2D eigenvalue weighted by molar-refractivity contribution is 0.0520. The minimum Gasteiger partial charge on any atom is -0.461 e. The zero-order valence-corrected chi connectivity index (χ0v) is 14.4. The molecule has 0 spiro atoms. The number of imidazole rings is 1. The van der Waals surface area contributed by atoms with Crippen LogP contribution in [0.4, 0.5) is 0 Å². The molecule has 2 aromatic heterocycles. The number of oxime groups is 1. The van der Waals surface area contributed by atoms with Crippen LogP contribution in [0.15, 0.2) is 35.9 Å². The van der Waals surface area contributed by atoms with E-state index >= 15 is 0 Å². The highest BCUT2D eigenvalue weighted by Gasteiger charge is 2.15. The molecule has 1 aromatic carbocycles. The highest BCUT2D eigenvalue weighted by Crippen LogP contribution is 2.28. The maximum Gasteiger partial charge on any atom is 0.358 e. The lowest BCUT2D eigenvalue weighted by Gasteiger charge is -2.04. The number of aromatic nitrogens is 3. The summed E-state index contributed by atoms with van der Waals surface area (Å²) in [5, 5.41) is 13.1. The Morgan fingerprint density at radius 2 is 2.28 bits per heavy atom. The maximum atomic E-state index is 11.8. The van der Waals surface area contributed by atoms with E-state index in [0.29, 0.717) is 6.61 Å². The van der Waals surface area contributed by atoms with Gasteiger partial charge in [-0.1, -0.05) is 19.0 Å². The van der Waals surface area contributed by atoms with Crippen LogP contribution in [0.1, 0.15) is 48.4 Å². The molecule has 2 heterocycles. The Labute approximate surface area is 144 Å². The second-order valence-electron chi connectivity index (χ2n) is 5.97. The fourth-order valence-electron chi connectivity index (χ4n) is 2.81. The average Bonchev–Trinajstić information content (AvgIpc) is 3.20. The van der Waals surface area contributed by atoms with E-state index in [1.54, 1.807) is 24.0 Å². The summed E-state index contributed by atoms with van der Waals surface area (Å²) in [5.74, 6) is -0.188. The predicted octanol–water partition coefficient (Wildman–Crippen LogP) is 3.46. The summed E-state index contributed by atoms with van der Waals surface area (Å²) >= 11 is 0. The Bertz CT molecular complexity index is 937. The molecule has 0 saturated carbocycles. The molecule has 0 aliphatic rings. The molecule has 0 radical (unpaired) electrons. The van der Waals surface area contributed by atoms with Crippen LogP contribution in [-0.2, 0) is 4.74 Å². The van der Waals surface area contributed by atoms with Gasteiger partial charge in [0, 0.05) is 34.0 Å². The van der Waals surface area contributed by atoms with Gasteiger partial charge in [0.2, 0.25) is 0 Å². The smallest absolute Gasteiger partial charge is 0.358 e. The van der Waals surface area contributed by atoms with Gasteiger partial charge in [0.15, 0.2) is 5.69 Å². The van der Waals surface area contributed by atoms with Gasteiger partial charge in [-0.25, -0.2) is 9.78 Å². The van der Waals surface area contributed by atoms with E-state index in [1.807, 2.05) is 18.2 Å². The van der Waals surface area contributed by atoms with Crippen LogP contribution < -0.4 is 0 Å². The van der Waals surface area contributed by atoms with E-state index in [9.17, 15) is 4.79 Å². The molecule has 0 aliphatic carbocycles. The van der Waals surface area contributed by atoms with E-state index in [-0.39, 0.29) is 11.6 Å². The van der Waals surface area contributed by atoms with Crippen LogP contribution in [0.3, 0.4) is 0 Å². The topological polar surface area (TPSA) is 92.5 Å². The van der Waals surface area contributed by atoms with Crippen molar-refractivity contribution >= 4 is 23.1 Å². The number of nitrogens with one attached hydrogen (secondary N) is 1. The molecule has 7 heteroatoms. The number of nitrogens with zero attached hydrogens (tertiary/aromatic N) is 3. The van der Waals surface area contributed by atoms with Gasteiger partial charge in [0.25, 0.3) is 0 Å². The lowest BCUT2D eigenvalue weighted by atomic mass is 10.0. The minimum atomic E-state index is -0.445. The van der Waals surface area contributed by atoms with Gasteiger partial charge in [-0.3, -0.25) is 0 Å². The number of esters is 1. The van der Waals surface area contributed by atoms with Crippen LogP contribution in [0.25, 0.3) is 16.6 Å². The number of rotatable bonds is 5. The second-order valence-corrected chi connectivity index (χ2v) is 5.97. The molecule has 7 nitrogen and oxygen atoms in total. The molecule has 25 heavy (non-hydrogen) atoms. The summed E-state index contributed by atoms with van der Waals surface area (Å²) < 4.78 is 6.72. The molecule has 0 amide bonds. The molecule has 0 atom stereocenters. The van der Waals surface area contributed by atoms with Gasteiger partial charge in [-0.2, -0.15) is 0 Å². The summed E-state index contributed by atoms with van der Waals surface area (Å²) in [4.78, 5) is 19.2. The highest BCUT2D eigenvalue weighted by atomic mass is 16.5. The van der Waals surface area contributed by atoms with E-state index in [4.69, 9.17) is 9.94 Å². The first kappa shape index (κ1) is 16.8. The molecule has 0 fully saturated rings.